The number of carbonyl (C=O) groups excluding carboxylic acids is 2. The van der Waals surface area contributed by atoms with Crippen LogP contribution in [0.4, 0.5) is 11.5 Å². The number of amides is 2. The van der Waals surface area contributed by atoms with Gasteiger partial charge in [-0.15, -0.1) is 0 Å². The number of rotatable bonds is 8. The van der Waals surface area contributed by atoms with Gasteiger partial charge in [-0.2, -0.15) is 0 Å². The molecule has 34 heavy (non-hydrogen) atoms. The maximum atomic E-state index is 13.1. The van der Waals surface area contributed by atoms with Crippen LogP contribution < -0.4 is 15.0 Å². The molecule has 1 aliphatic carbocycles. The third-order valence-corrected chi connectivity index (χ3v) is 6.72. The van der Waals surface area contributed by atoms with Crippen LogP contribution in [-0.2, 0) is 16.1 Å². The van der Waals surface area contributed by atoms with Crippen molar-refractivity contribution in [3.63, 3.8) is 0 Å². The number of pyridine rings is 1. The van der Waals surface area contributed by atoms with Crippen molar-refractivity contribution in [3.05, 3.63) is 47.7 Å². The average Bonchev–Trinajstić information content (AvgIpc) is 3.53. The molecule has 2 fully saturated rings. The van der Waals surface area contributed by atoms with Crippen molar-refractivity contribution in [2.75, 3.05) is 43.9 Å². The minimum atomic E-state index is -0.873. The molecule has 3 heterocycles. The Morgan fingerprint density at radius 2 is 2.06 bits per heavy atom. The standard InChI is InChI=1S/C25H31N5O4/c1-28(2)23(31)15-29-14-17-5-6-18(11-20(17)24(29)32)30-10-9-21(25(30)33)34-19-7-8-22(27-13-19)26-12-16-3-4-16/h5-8,11,13,16,21,24,32H,3-4,9-10,12,14-15H2,1-2H3,(H,26,27)/t21-,24?/m1/s1. The summed E-state index contributed by atoms with van der Waals surface area (Å²) in [6, 6.07) is 9.39. The van der Waals surface area contributed by atoms with Gasteiger partial charge in [0.05, 0.1) is 12.7 Å². The maximum Gasteiger partial charge on any atom is 0.268 e. The zero-order valence-corrected chi connectivity index (χ0v) is 19.6. The SMILES string of the molecule is CN(C)C(=O)CN1Cc2ccc(N3CC[C@@H](Oc4ccc(NCC5CC5)nc4)C3=O)cc2C1O. The van der Waals surface area contributed by atoms with Crippen LogP contribution in [0.3, 0.4) is 0 Å². The van der Waals surface area contributed by atoms with Gasteiger partial charge < -0.3 is 25.0 Å². The summed E-state index contributed by atoms with van der Waals surface area (Å²) in [5.74, 6) is 1.98. The van der Waals surface area contributed by atoms with E-state index in [1.807, 2.05) is 30.3 Å². The molecular formula is C25H31N5O4. The number of aliphatic hydroxyl groups excluding tert-OH is 1. The molecule has 1 aromatic carbocycles. The zero-order valence-electron chi connectivity index (χ0n) is 19.6. The Morgan fingerprint density at radius 3 is 2.76 bits per heavy atom. The van der Waals surface area contributed by atoms with E-state index in [9.17, 15) is 14.7 Å². The molecule has 0 bridgehead atoms. The molecule has 2 N–H and O–H groups in total. The van der Waals surface area contributed by atoms with Gasteiger partial charge in [-0.05, 0) is 48.6 Å². The summed E-state index contributed by atoms with van der Waals surface area (Å²) in [7, 11) is 3.40. The Labute approximate surface area is 199 Å². The van der Waals surface area contributed by atoms with Crippen molar-refractivity contribution in [1.82, 2.24) is 14.8 Å². The first kappa shape index (κ1) is 22.6. The van der Waals surface area contributed by atoms with E-state index >= 15 is 0 Å². The highest BCUT2D eigenvalue weighted by atomic mass is 16.5. The monoisotopic (exact) mass is 465 g/mol. The van der Waals surface area contributed by atoms with Crippen LogP contribution in [0, 0.1) is 5.92 Å². The minimum absolute atomic E-state index is 0.0667. The number of carbonyl (C=O) groups is 2. The maximum absolute atomic E-state index is 13.1. The van der Waals surface area contributed by atoms with Crippen molar-refractivity contribution in [3.8, 4) is 5.75 Å². The van der Waals surface area contributed by atoms with Crippen molar-refractivity contribution in [2.24, 2.45) is 5.92 Å². The number of likely N-dealkylation sites (N-methyl/N-ethyl adjacent to an activating group) is 1. The van der Waals surface area contributed by atoms with E-state index in [2.05, 4.69) is 10.3 Å². The van der Waals surface area contributed by atoms with E-state index in [-0.39, 0.29) is 18.4 Å². The van der Waals surface area contributed by atoms with Gasteiger partial charge in [-0.3, -0.25) is 14.5 Å². The van der Waals surface area contributed by atoms with Gasteiger partial charge in [0.15, 0.2) is 6.10 Å². The molecule has 2 atom stereocenters. The van der Waals surface area contributed by atoms with E-state index in [1.165, 1.54) is 17.7 Å². The molecule has 9 heteroatoms. The summed E-state index contributed by atoms with van der Waals surface area (Å²) in [4.78, 5) is 34.5. The zero-order chi connectivity index (χ0) is 23.8. The van der Waals surface area contributed by atoms with Crippen molar-refractivity contribution >= 4 is 23.3 Å². The highest BCUT2D eigenvalue weighted by molar-refractivity contribution is 5.99. The van der Waals surface area contributed by atoms with Gasteiger partial charge in [0, 0.05) is 51.4 Å². The Hall–Kier alpha value is -3.17. The fourth-order valence-corrected chi connectivity index (χ4v) is 4.40. The van der Waals surface area contributed by atoms with Gasteiger partial charge >= 0.3 is 0 Å². The van der Waals surface area contributed by atoms with E-state index in [1.54, 1.807) is 30.1 Å². The summed E-state index contributed by atoms with van der Waals surface area (Å²) in [6.45, 7) is 2.12. The molecule has 9 nitrogen and oxygen atoms in total. The van der Waals surface area contributed by atoms with Gasteiger partial charge in [0.2, 0.25) is 5.91 Å². The molecule has 1 saturated heterocycles. The molecule has 2 aliphatic heterocycles. The van der Waals surface area contributed by atoms with Crippen LogP contribution in [0.2, 0.25) is 0 Å². The molecule has 1 unspecified atom stereocenters. The Balaban J connectivity index is 1.21. The largest absolute Gasteiger partial charge is 0.479 e. The summed E-state index contributed by atoms with van der Waals surface area (Å²) < 4.78 is 5.95. The van der Waals surface area contributed by atoms with Gasteiger partial charge in [0.25, 0.3) is 5.91 Å². The highest BCUT2D eigenvalue weighted by Crippen LogP contribution is 2.35. The molecule has 2 amide bonds. The van der Waals surface area contributed by atoms with Crippen LogP contribution >= 0.6 is 0 Å². The molecule has 0 radical (unpaired) electrons. The number of ether oxygens (including phenoxy) is 1. The van der Waals surface area contributed by atoms with Gasteiger partial charge in [-0.1, -0.05) is 6.07 Å². The summed E-state index contributed by atoms with van der Waals surface area (Å²) >= 11 is 0. The lowest BCUT2D eigenvalue weighted by Gasteiger charge is -2.22. The molecule has 5 rings (SSSR count). The van der Waals surface area contributed by atoms with Gasteiger partial charge in [-0.25, -0.2) is 4.98 Å². The topological polar surface area (TPSA) is 98.2 Å². The minimum Gasteiger partial charge on any atom is -0.479 e. The van der Waals surface area contributed by atoms with Gasteiger partial charge in [0.1, 0.15) is 17.8 Å². The van der Waals surface area contributed by atoms with Crippen LogP contribution in [0.15, 0.2) is 36.5 Å². The molecule has 0 spiro atoms. The van der Waals surface area contributed by atoms with E-state index in [0.29, 0.717) is 25.3 Å². The number of hydrogen-bond acceptors (Lipinski definition) is 7. The van der Waals surface area contributed by atoms with Crippen LogP contribution in [0.5, 0.6) is 5.75 Å². The lowest BCUT2D eigenvalue weighted by atomic mass is 10.1. The first-order valence-electron chi connectivity index (χ1n) is 11.8. The van der Waals surface area contributed by atoms with Crippen LogP contribution in [-0.4, -0.2) is 71.5 Å². The Morgan fingerprint density at radius 1 is 1.24 bits per heavy atom. The predicted molar refractivity (Wildman–Crippen MR) is 127 cm³/mol. The first-order chi connectivity index (χ1) is 16.4. The van der Waals surface area contributed by atoms with Crippen molar-refractivity contribution in [2.45, 2.75) is 38.1 Å². The van der Waals surface area contributed by atoms with Crippen LogP contribution in [0.25, 0.3) is 0 Å². The third kappa shape index (κ3) is 4.71. The van der Waals surface area contributed by atoms with E-state index in [4.69, 9.17) is 4.74 Å². The number of anilines is 2. The fourth-order valence-electron chi connectivity index (χ4n) is 4.40. The second-order valence-corrected chi connectivity index (χ2v) is 9.54. The fraction of sp³-hybridized carbons (Fsp3) is 0.480. The molecular weight excluding hydrogens is 434 g/mol. The highest BCUT2D eigenvalue weighted by Gasteiger charge is 2.36. The van der Waals surface area contributed by atoms with Crippen molar-refractivity contribution < 1.29 is 19.4 Å². The Kier molecular flexibility index (Phi) is 6.14. The quantitative estimate of drug-likeness (QED) is 0.615. The number of nitrogens with one attached hydrogen (secondary N) is 1. The first-order valence-corrected chi connectivity index (χ1v) is 11.8. The summed E-state index contributed by atoms with van der Waals surface area (Å²) in [5.41, 5.74) is 2.43. The number of aliphatic hydroxyl groups is 1. The van der Waals surface area contributed by atoms with E-state index in [0.717, 1.165) is 35.1 Å². The summed E-state index contributed by atoms with van der Waals surface area (Å²) in [5, 5.41) is 14.1. The number of hydrogen-bond donors (Lipinski definition) is 2. The summed E-state index contributed by atoms with van der Waals surface area (Å²) in [6.07, 6.45) is 3.35. The molecule has 1 aromatic heterocycles. The third-order valence-electron chi connectivity index (χ3n) is 6.72. The van der Waals surface area contributed by atoms with Crippen molar-refractivity contribution in [1.29, 1.82) is 0 Å². The smallest absolute Gasteiger partial charge is 0.268 e. The molecule has 1 saturated carbocycles. The predicted octanol–water partition coefficient (Wildman–Crippen LogP) is 1.98. The number of aromatic nitrogens is 1. The van der Waals surface area contributed by atoms with E-state index < -0.39 is 12.3 Å². The second-order valence-electron chi connectivity index (χ2n) is 9.54. The number of fused-ring (bicyclic) bond motifs is 1. The molecule has 2 aromatic rings. The number of nitrogens with zero attached hydrogens (tertiary/aromatic N) is 4. The second kappa shape index (κ2) is 9.23. The Bertz CT molecular complexity index is 1070. The lowest BCUT2D eigenvalue weighted by Crippen LogP contribution is -2.35. The lowest BCUT2D eigenvalue weighted by molar-refractivity contribution is -0.132. The molecule has 3 aliphatic rings. The molecule has 180 valence electrons. The average molecular weight is 466 g/mol. The normalized spacial score (nSPS) is 22.1. The number of benzene rings is 1. The van der Waals surface area contributed by atoms with Crippen LogP contribution in [0.1, 0.15) is 36.6 Å².